The summed E-state index contributed by atoms with van der Waals surface area (Å²) < 4.78 is 14.4. The highest BCUT2D eigenvalue weighted by atomic mass is 19.1. The summed E-state index contributed by atoms with van der Waals surface area (Å²) in [6.07, 6.45) is 1.12. The lowest BCUT2D eigenvalue weighted by molar-refractivity contribution is 0.102. The van der Waals surface area contributed by atoms with Crippen LogP contribution in [0.25, 0.3) is 10.9 Å². The molecule has 12 heteroatoms. The highest BCUT2D eigenvalue weighted by molar-refractivity contribution is 6.07. The fraction of sp³-hybridized carbons (Fsp3) is 0.211. The van der Waals surface area contributed by atoms with Crippen molar-refractivity contribution >= 4 is 40.2 Å². The third kappa shape index (κ3) is 3.64. The van der Waals surface area contributed by atoms with Gasteiger partial charge in [0, 0.05) is 31.6 Å². The van der Waals surface area contributed by atoms with Crippen molar-refractivity contribution in [2.24, 2.45) is 5.73 Å². The molecule has 5 N–H and O–H groups in total. The molecule has 3 aromatic rings. The molecule has 1 aliphatic rings. The van der Waals surface area contributed by atoms with Crippen molar-refractivity contribution in [1.82, 2.24) is 14.5 Å². The number of aromatic nitrogens is 3. The van der Waals surface area contributed by atoms with Gasteiger partial charge in [0.05, 0.1) is 29.3 Å². The molecule has 1 saturated heterocycles. The minimum atomic E-state index is -1.60. The first kappa shape index (κ1) is 20.2. The van der Waals surface area contributed by atoms with Crippen LogP contribution in [0.15, 0.2) is 35.4 Å². The topological polar surface area (TPSA) is 155 Å². The standard InChI is InChI=1S/C19H18FN7O4/c1-22-14-4-10(20)2-9-3-13(17(29)27(15(9)14)19(30)31)16(28)25-12-5-23-18(24-6-12)26-7-11(21)8-26/h2-6,11,22H,7-8,21H2,1H3,(H,25,28)(H,30,31). The van der Waals surface area contributed by atoms with E-state index in [1.807, 2.05) is 4.90 Å². The molecule has 31 heavy (non-hydrogen) atoms. The lowest BCUT2D eigenvalue weighted by Crippen LogP contribution is -2.56. The molecule has 0 spiro atoms. The van der Waals surface area contributed by atoms with E-state index in [4.69, 9.17) is 5.73 Å². The van der Waals surface area contributed by atoms with Crippen molar-refractivity contribution in [3.05, 3.63) is 52.3 Å². The number of halogens is 1. The Bertz CT molecular complexity index is 1250. The Morgan fingerprint density at radius 3 is 2.48 bits per heavy atom. The van der Waals surface area contributed by atoms with Crippen LogP contribution in [-0.2, 0) is 0 Å². The van der Waals surface area contributed by atoms with Crippen LogP contribution in [0.2, 0.25) is 0 Å². The Morgan fingerprint density at radius 1 is 1.23 bits per heavy atom. The third-order valence-electron chi connectivity index (χ3n) is 4.86. The average molecular weight is 427 g/mol. The van der Waals surface area contributed by atoms with Crippen LogP contribution in [0.1, 0.15) is 10.4 Å². The van der Waals surface area contributed by atoms with E-state index in [1.165, 1.54) is 19.4 Å². The number of carbonyl (C=O) groups is 2. The number of nitrogens with zero attached hydrogens (tertiary/aromatic N) is 4. The molecule has 160 valence electrons. The van der Waals surface area contributed by atoms with E-state index in [9.17, 15) is 23.9 Å². The number of nitrogens with two attached hydrogens (primary N) is 1. The molecule has 1 amide bonds. The monoisotopic (exact) mass is 427 g/mol. The van der Waals surface area contributed by atoms with Crippen molar-refractivity contribution in [3.63, 3.8) is 0 Å². The maximum absolute atomic E-state index is 14.0. The van der Waals surface area contributed by atoms with Crippen LogP contribution in [0.5, 0.6) is 0 Å². The lowest BCUT2D eigenvalue weighted by Gasteiger charge is -2.36. The maximum Gasteiger partial charge on any atom is 0.419 e. The number of anilines is 3. The number of rotatable bonds is 4. The van der Waals surface area contributed by atoms with E-state index in [0.717, 1.165) is 18.2 Å². The summed E-state index contributed by atoms with van der Waals surface area (Å²) in [7, 11) is 1.46. The number of amides is 1. The zero-order valence-electron chi connectivity index (χ0n) is 16.3. The third-order valence-corrected chi connectivity index (χ3v) is 4.86. The minimum Gasteiger partial charge on any atom is -0.464 e. The molecule has 0 unspecified atom stereocenters. The van der Waals surface area contributed by atoms with Gasteiger partial charge >= 0.3 is 6.09 Å². The van der Waals surface area contributed by atoms with E-state index in [1.54, 1.807) is 0 Å². The van der Waals surface area contributed by atoms with Crippen LogP contribution in [0.4, 0.5) is 26.5 Å². The smallest absolute Gasteiger partial charge is 0.419 e. The summed E-state index contributed by atoms with van der Waals surface area (Å²) >= 11 is 0. The van der Waals surface area contributed by atoms with Gasteiger partial charge in [-0.05, 0) is 18.2 Å². The van der Waals surface area contributed by atoms with Gasteiger partial charge in [0.1, 0.15) is 11.4 Å². The van der Waals surface area contributed by atoms with Gasteiger partial charge in [-0.2, -0.15) is 0 Å². The van der Waals surface area contributed by atoms with Gasteiger partial charge in [0.2, 0.25) is 5.95 Å². The van der Waals surface area contributed by atoms with Crippen LogP contribution < -0.4 is 26.8 Å². The number of carbonyl (C=O) groups excluding carboxylic acids is 1. The molecule has 0 bridgehead atoms. The van der Waals surface area contributed by atoms with Crippen molar-refractivity contribution in [1.29, 1.82) is 0 Å². The Hall–Kier alpha value is -4.06. The summed E-state index contributed by atoms with van der Waals surface area (Å²) in [4.78, 5) is 47.4. The summed E-state index contributed by atoms with van der Waals surface area (Å²) in [5, 5.41) is 14.7. The molecule has 0 aliphatic carbocycles. The van der Waals surface area contributed by atoms with Crippen LogP contribution >= 0.6 is 0 Å². The predicted octanol–water partition coefficient (Wildman–Crippen LogP) is 0.898. The molecule has 2 aromatic heterocycles. The quantitative estimate of drug-likeness (QED) is 0.475. The van der Waals surface area contributed by atoms with Gasteiger partial charge in [0.15, 0.2) is 0 Å². The van der Waals surface area contributed by atoms with Gasteiger partial charge in [-0.1, -0.05) is 0 Å². The number of nitrogens with one attached hydrogen (secondary N) is 2. The van der Waals surface area contributed by atoms with E-state index in [-0.39, 0.29) is 28.3 Å². The van der Waals surface area contributed by atoms with E-state index >= 15 is 0 Å². The van der Waals surface area contributed by atoms with Crippen molar-refractivity contribution in [2.45, 2.75) is 6.04 Å². The second kappa shape index (κ2) is 7.65. The van der Waals surface area contributed by atoms with Crippen molar-refractivity contribution in [2.75, 3.05) is 35.7 Å². The average Bonchev–Trinajstić information content (AvgIpc) is 2.71. The Kier molecular flexibility index (Phi) is 4.99. The van der Waals surface area contributed by atoms with Gasteiger partial charge in [-0.25, -0.2) is 23.7 Å². The van der Waals surface area contributed by atoms with Crippen molar-refractivity contribution < 1.29 is 19.1 Å². The van der Waals surface area contributed by atoms with Gasteiger partial charge in [-0.3, -0.25) is 9.59 Å². The van der Waals surface area contributed by atoms with E-state index in [2.05, 4.69) is 20.6 Å². The SMILES string of the molecule is CNc1cc(F)cc2cc(C(=O)Nc3cnc(N4CC(N)C4)nc3)c(=O)n(C(=O)O)c12. The molecule has 4 rings (SSSR count). The highest BCUT2D eigenvalue weighted by Crippen LogP contribution is 2.25. The number of hydrogen-bond acceptors (Lipinski definition) is 8. The van der Waals surface area contributed by atoms with Gasteiger partial charge in [-0.15, -0.1) is 0 Å². The maximum atomic E-state index is 14.0. The molecule has 0 saturated carbocycles. The number of fused-ring (bicyclic) bond motifs is 1. The summed E-state index contributed by atoms with van der Waals surface area (Å²) in [5.41, 5.74) is 4.43. The Labute approximate surface area is 174 Å². The molecule has 0 atom stereocenters. The molecular weight excluding hydrogens is 409 g/mol. The number of hydrogen-bond donors (Lipinski definition) is 4. The molecule has 11 nitrogen and oxygen atoms in total. The lowest BCUT2D eigenvalue weighted by atomic mass is 10.1. The Morgan fingerprint density at radius 2 is 1.90 bits per heavy atom. The zero-order valence-corrected chi connectivity index (χ0v) is 16.3. The Balaban J connectivity index is 1.70. The van der Waals surface area contributed by atoms with E-state index < -0.39 is 28.9 Å². The van der Waals surface area contributed by atoms with Gasteiger partial charge < -0.3 is 26.4 Å². The number of benzene rings is 1. The minimum absolute atomic E-state index is 0.0570. The number of carboxylic acid groups (broad SMARTS) is 1. The summed E-state index contributed by atoms with van der Waals surface area (Å²) in [6, 6.07) is 3.32. The second-order valence-corrected chi connectivity index (χ2v) is 7.01. The first-order chi connectivity index (χ1) is 14.8. The largest absolute Gasteiger partial charge is 0.464 e. The fourth-order valence-electron chi connectivity index (χ4n) is 3.38. The molecule has 3 heterocycles. The normalized spacial score (nSPS) is 13.7. The molecule has 0 radical (unpaired) electrons. The van der Waals surface area contributed by atoms with Crippen LogP contribution in [-0.4, -0.2) is 57.8 Å². The van der Waals surface area contributed by atoms with E-state index in [0.29, 0.717) is 23.6 Å². The van der Waals surface area contributed by atoms with Crippen molar-refractivity contribution in [3.8, 4) is 0 Å². The molecular formula is C19H18FN7O4. The fourth-order valence-corrected chi connectivity index (χ4v) is 3.38. The number of pyridine rings is 1. The highest BCUT2D eigenvalue weighted by Gasteiger charge is 2.25. The van der Waals surface area contributed by atoms with Crippen LogP contribution in [0, 0.1) is 5.82 Å². The van der Waals surface area contributed by atoms with Crippen LogP contribution in [0.3, 0.4) is 0 Å². The first-order valence-electron chi connectivity index (χ1n) is 9.22. The molecule has 1 fully saturated rings. The predicted molar refractivity (Wildman–Crippen MR) is 111 cm³/mol. The van der Waals surface area contributed by atoms with Gasteiger partial charge in [0.25, 0.3) is 11.5 Å². The summed E-state index contributed by atoms with van der Waals surface area (Å²) in [6.45, 7) is 1.26. The molecule has 1 aromatic carbocycles. The molecule has 1 aliphatic heterocycles. The summed E-state index contributed by atoms with van der Waals surface area (Å²) in [5.74, 6) is -1.08. The zero-order chi connectivity index (χ0) is 22.3. The first-order valence-corrected chi connectivity index (χ1v) is 9.22. The second-order valence-electron chi connectivity index (χ2n) is 7.01.